The van der Waals surface area contributed by atoms with E-state index >= 15 is 0 Å². The minimum atomic E-state index is 0.339. The van der Waals surface area contributed by atoms with Crippen LogP contribution in [0.3, 0.4) is 0 Å². The molecule has 0 amide bonds. The molecule has 0 spiro atoms. The second-order valence-electron chi connectivity index (χ2n) is 4.52. The Kier molecular flexibility index (Phi) is 5.45. The molecule has 1 saturated heterocycles. The molecule has 2 unspecified atom stereocenters. The quantitative estimate of drug-likeness (QED) is 0.701. The second kappa shape index (κ2) is 6.38. The topological polar surface area (TPSA) is 38.5 Å². The van der Waals surface area contributed by atoms with Gasteiger partial charge in [-0.05, 0) is 46.2 Å². The Morgan fingerprint density at radius 3 is 2.93 bits per heavy atom. The summed E-state index contributed by atoms with van der Waals surface area (Å²) >= 11 is 0. The monoisotopic (exact) mass is 200 g/mol. The number of likely N-dealkylation sites (N-methyl/N-ethyl adjacent to an activating group) is 1. The average Bonchev–Trinajstić information content (AvgIpc) is 2.56. The van der Waals surface area contributed by atoms with Crippen molar-refractivity contribution >= 4 is 0 Å². The van der Waals surface area contributed by atoms with Crippen LogP contribution in [0.5, 0.6) is 0 Å². The molecule has 1 aliphatic heterocycles. The van der Waals surface area contributed by atoms with E-state index in [9.17, 15) is 0 Å². The molecule has 2 N–H and O–H groups in total. The fourth-order valence-electron chi connectivity index (χ4n) is 1.91. The molecule has 3 heteroatoms. The molecule has 0 bridgehead atoms. The first-order chi connectivity index (χ1) is 6.68. The lowest BCUT2D eigenvalue weighted by Gasteiger charge is -2.20. The van der Waals surface area contributed by atoms with Crippen LogP contribution in [0.2, 0.25) is 0 Å². The van der Waals surface area contributed by atoms with E-state index in [1.54, 1.807) is 0 Å². The maximum atomic E-state index is 5.70. The maximum Gasteiger partial charge on any atom is 0.0702 e. The van der Waals surface area contributed by atoms with Crippen molar-refractivity contribution in [1.29, 1.82) is 0 Å². The van der Waals surface area contributed by atoms with Gasteiger partial charge in [-0.15, -0.1) is 0 Å². The van der Waals surface area contributed by atoms with E-state index in [0.29, 0.717) is 12.1 Å². The Morgan fingerprint density at radius 1 is 1.57 bits per heavy atom. The van der Waals surface area contributed by atoms with Crippen molar-refractivity contribution in [3.63, 3.8) is 0 Å². The van der Waals surface area contributed by atoms with Crippen LogP contribution < -0.4 is 5.73 Å². The number of ether oxygens (including phenoxy) is 1. The van der Waals surface area contributed by atoms with E-state index in [4.69, 9.17) is 10.5 Å². The van der Waals surface area contributed by atoms with Gasteiger partial charge in [0.1, 0.15) is 0 Å². The number of nitrogens with zero attached hydrogens (tertiary/aromatic N) is 1. The van der Waals surface area contributed by atoms with Crippen LogP contribution in [-0.4, -0.2) is 43.8 Å². The molecule has 0 aliphatic carbocycles. The smallest absolute Gasteiger partial charge is 0.0702 e. The van der Waals surface area contributed by atoms with Gasteiger partial charge in [0.2, 0.25) is 0 Å². The normalized spacial score (nSPS) is 24.4. The SMILES string of the molecule is CC(N)CCCN(C)CC1CCCO1. The van der Waals surface area contributed by atoms with Crippen LogP contribution in [0.15, 0.2) is 0 Å². The molecular formula is C11H24N2O. The van der Waals surface area contributed by atoms with E-state index in [-0.39, 0.29) is 0 Å². The van der Waals surface area contributed by atoms with Crippen LogP contribution in [-0.2, 0) is 4.74 Å². The Bertz CT molecular complexity index is 144. The summed E-state index contributed by atoms with van der Waals surface area (Å²) in [7, 11) is 2.17. The van der Waals surface area contributed by atoms with E-state index in [2.05, 4.69) is 18.9 Å². The molecule has 2 atom stereocenters. The molecule has 84 valence electrons. The van der Waals surface area contributed by atoms with Crippen molar-refractivity contribution in [3.05, 3.63) is 0 Å². The van der Waals surface area contributed by atoms with Gasteiger partial charge in [-0.2, -0.15) is 0 Å². The lowest BCUT2D eigenvalue weighted by Crippen LogP contribution is -2.30. The van der Waals surface area contributed by atoms with Crippen LogP contribution in [0, 0.1) is 0 Å². The van der Waals surface area contributed by atoms with Gasteiger partial charge in [0.15, 0.2) is 0 Å². The number of hydrogen-bond acceptors (Lipinski definition) is 3. The molecule has 1 heterocycles. The van der Waals surface area contributed by atoms with Gasteiger partial charge in [0.05, 0.1) is 6.10 Å². The standard InChI is InChI=1S/C11H24N2O/c1-10(12)5-3-7-13(2)9-11-6-4-8-14-11/h10-11H,3-9,12H2,1-2H3. The van der Waals surface area contributed by atoms with Gasteiger partial charge in [0.25, 0.3) is 0 Å². The van der Waals surface area contributed by atoms with E-state index in [0.717, 1.165) is 26.1 Å². The number of hydrogen-bond donors (Lipinski definition) is 1. The van der Waals surface area contributed by atoms with Crippen molar-refractivity contribution in [2.75, 3.05) is 26.7 Å². The fraction of sp³-hybridized carbons (Fsp3) is 1.00. The van der Waals surface area contributed by atoms with Crippen molar-refractivity contribution < 1.29 is 4.74 Å². The number of nitrogens with two attached hydrogens (primary N) is 1. The van der Waals surface area contributed by atoms with Crippen molar-refractivity contribution in [2.45, 2.75) is 44.8 Å². The van der Waals surface area contributed by atoms with Gasteiger partial charge in [-0.1, -0.05) is 0 Å². The molecule has 3 nitrogen and oxygen atoms in total. The summed E-state index contributed by atoms with van der Waals surface area (Å²) in [6, 6.07) is 0.339. The van der Waals surface area contributed by atoms with Crippen molar-refractivity contribution in [3.8, 4) is 0 Å². The summed E-state index contributed by atoms with van der Waals surface area (Å²) in [4.78, 5) is 2.36. The Labute approximate surface area is 87.6 Å². The van der Waals surface area contributed by atoms with Crippen molar-refractivity contribution in [1.82, 2.24) is 4.90 Å². The predicted molar refractivity (Wildman–Crippen MR) is 59.4 cm³/mol. The Balaban J connectivity index is 2.00. The van der Waals surface area contributed by atoms with E-state index in [1.807, 2.05) is 0 Å². The van der Waals surface area contributed by atoms with Gasteiger partial charge in [0, 0.05) is 19.2 Å². The Hall–Kier alpha value is -0.120. The average molecular weight is 200 g/mol. The van der Waals surface area contributed by atoms with E-state index in [1.165, 1.54) is 19.3 Å². The highest BCUT2D eigenvalue weighted by Gasteiger charge is 2.16. The third kappa shape index (κ3) is 4.94. The minimum absolute atomic E-state index is 0.339. The fourth-order valence-corrected chi connectivity index (χ4v) is 1.91. The summed E-state index contributed by atoms with van der Waals surface area (Å²) in [6.45, 7) is 5.25. The molecular weight excluding hydrogens is 176 g/mol. The predicted octanol–water partition coefficient (Wildman–Crippen LogP) is 1.22. The third-order valence-electron chi connectivity index (χ3n) is 2.74. The zero-order valence-electron chi connectivity index (χ0n) is 9.54. The highest BCUT2D eigenvalue weighted by Crippen LogP contribution is 2.12. The highest BCUT2D eigenvalue weighted by molar-refractivity contribution is 4.68. The molecule has 1 aliphatic rings. The second-order valence-corrected chi connectivity index (χ2v) is 4.52. The first-order valence-corrected chi connectivity index (χ1v) is 5.74. The molecule has 1 rings (SSSR count). The molecule has 0 aromatic carbocycles. The largest absolute Gasteiger partial charge is 0.377 e. The van der Waals surface area contributed by atoms with Crippen LogP contribution in [0.4, 0.5) is 0 Å². The van der Waals surface area contributed by atoms with Gasteiger partial charge in [-0.3, -0.25) is 0 Å². The minimum Gasteiger partial charge on any atom is -0.377 e. The molecule has 0 radical (unpaired) electrons. The zero-order valence-corrected chi connectivity index (χ0v) is 9.54. The summed E-state index contributed by atoms with van der Waals surface area (Å²) < 4.78 is 5.58. The maximum absolute atomic E-state index is 5.70. The molecule has 0 aromatic rings. The molecule has 0 aromatic heterocycles. The zero-order chi connectivity index (χ0) is 10.4. The summed E-state index contributed by atoms with van der Waals surface area (Å²) in [5, 5.41) is 0. The van der Waals surface area contributed by atoms with Gasteiger partial charge >= 0.3 is 0 Å². The summed E-state index contributed by atoms with van der Waals surface area (Å²) in [5.74, 6) is 0. The van der Waals surface area contributed by atoms with Crippen LogP contribution in [0.25, 0.3) is 0 Å². The Morgan fingerprint density at radius 2 is 2.36 bits per heavy atom. The lowest BCUT2D eigenvalue weighted by molar-refractivity contribution is 0.0807. The van der Waals surface area contributed by atoms with E-state index < -0.39 is 0 Å². The van der Waals surface area contributed by atoms with Gasteiger partial charge < -0.3 is 15.4 Å². The van der Waals surface area contributed by atoms with Gasteiger partial charge in [-0.25, -0.2) is 0 Å². The highest BCUT2D eigenvalue weighted by atomic mass is 16.5. The first-order valence-electron chi connectivity index (χ1n) is 5.74. The third-order valence-corrected chi connectivity index (χ3v) is 2.74. The molecule has 1 fully saturated rings. The lowest BCUT2D eigenvalue weighted by atomic mass is 10.2. The first kappa shape index (κ1) is 12.0. The summed E-state index contributed by atoms with van der Waals surface area (Å²) in [6.07, 6.45) is 5.27. The molecule has 0 saturated carbocycles. The van der Waals surface area contributed by atoms with Crippen LogP contribution in [0.1, 0.15) is 32.6 Å². The molecule has 14 heavy (non-hydrogen) atoms. The number of rotatable bonds is 6. The van der Waals surface area contributed by atoms with Crippen molar-refractivity contribution in [2.24, 2.45) is 5.73 Å². The van der Waals surface area contributed by atoms with Crippen LogP contribution >= 0.6 is 0 Å². The summed E-state index contributed by atoms with van der Waals surface area (Å²) in [5.41, 5.74) is 5.70.